The smallest absolute Gasteiger partial charge is 0.326 e. The molecule has 0 aliphatic heterocycles. The number of carboxylic acid groups (broad SMARTS) is 1. The summed E-state index contributed by atoms with van der Waals surface area (Å²) in [6.07, 6.45) is 4.90. The first kappa shape index (κ1) is 17.0. The van der Waals surface area contributed by atoms with Crippen LogP contribution in [0.25, 0.3) is 0 Å². The molecule has 5 heteroatoms. The number of carbonyl (C=O) groups excluding carboxylic acids is 1. The van der Waals surface area contributed by atoms with Gasteiger partial charge in [-0.05, 0) is 31.6 Å². The standard InChI is InChI=1S/C15H27NO4/c1-4-13(20-11-7-5-6-8-11)14(17)16-12(15(18)19)9-10(2)3/h10-13H,4-9H2,1-3H3,(H,16,17)(H,18,19). The van der Waals surface area contributed by atoms with Gasteiger partial charge >= 0.3 is 5.97 Å². The second-order valence-corrected chi connectivity index (χ2v) is 5.97. The van der Waals surface area contributed by atoms with Gasteiger partial charge in [-0.1, -0.05) is 33.6 Å². The maximum absolute atomic E-state index is 12.2. The largest absolute Gasteiger partial charge is 0.480 e. The molecule has 2 N–H and O–H groups in total. The van der Waals surface area contributed by atoms with Crippen molar-refractivity contribution < 1.29 is 19.4 Å². The third-order valence-corrected chi connectivity index (χ3v) is 3.64. The number of aliphatic carboxylic acids is 1. The molecule has 0 bridgehead atoms. The van der Waals surface area contributed by atoms with Gasteiger partial charge in [-0.3, -0.25) is 4.79 Å². The predicted octanol–water partition coefficient (Wildman–Crippen LogP) is 2.34. The number of amides is 1. The van der Waals surface area contributed by atoms with Crippen molar-refractivity contribution in [2.24, 2.45) is 5.92 Å². The van der Waals surface area contributed by atoms with E-state index in [1.54, 1.807) is 0 Å². The molecule has 0 aromatic heterocycles. The zero-order valence-electron chi connectivity index (χ0n) is 12.7. The van der Waals surface area contributed by atoms with Crippen molar-refractivity contribution in [3.05, 3.63) is 0 Å². The summed E-state index contributed by atoms with van der Waals surface area (Å²) < 4.78 is 5.80. The van der Waals surface area contributed by atoms with Crippen LogP contribution in [0.2, 0.25) is 0 Å². The van der Waals surface area contributed by atoms with Crippen LogP contribution >= 0.6 is 0 Å². The minimum atomic E-state index is -0.984. The monoisotopic (exact) mass is 285 g/mol. The predicted molar refractivity (Wildman–Crippen MR) is 76.4 cm³/mol. The molecule has 1 amide bonds. The Bertz CT molecular complexity index is 324. The minimum absolute atomic E-state index is 0.152. The van der Waals surface area contributed by atoms with Crippen molar-refractivity contribution in [3.8, 4) is 0 Å². The van der Waals surface area contributed by atoms with E-state index in [0.29, 0.717) is 12.8 Å². The molecule has 0 radical (unpaired) electrons. The molecule has 1 aliphatic rings. The van der Waals surface area contributed by atoms with E-state index in [1.807, 2.05) is 20.8 Å². The van der Waals surface area contributed by atoms with Gasteiger partial charge in [-0.15, -0.1) is 0 Å². The number of hydrogen-bond acceptors (Lipinski definition) is 3. The van der Waals surface area contributed by atoms with E-state index >= 15 is 0 Å². The minimum Gasteiger partial charge on any atom is -0.480 e. The van der Waals surface area contributed by atoms with Gasteiger partial charge in [0.15, 0.2) is 0 Å². The van der Waals surface area contributed by atoms with Crippen molar-refractivity contribution in [1.82, 2.24) is 5.32 Å². The molecule has 0 aromatic rings. The SMILES string of the molecule is CCC(OC1CCCC1)C(=O)NC(CC(C)C)C(=O)O. The van der Waals surface area contributed by atoms with Crippen LogP contribution in [-0.4, -0.2) is 35.2 Å². The van der Waals surface area contributed by atoms with Crippen molar-refractivity contribution in [1.29, 1.82) is 0 Å². The number of hydrogen-bond donors (Lipinski definition) is 2. The molecule has 0 saturated heterocycles. The van der Waals surface area contributed by atoms with E-state index in [2.05, 4.69) is 5.32 Å². The first-order valence-electron chi connectivity index (χ1n) is 7.62. The highest BCUT2D eigenvalue weighted by atomic mass is 16.5. The molecule has 1 aliphatic carbocycles. The maximum Gasteiger partial charge on any atom is 0.326 e. The van der Waals surface area contributed by atoms with Crippen LogP contribution in [0, 0.1) is 5.92 Å². The molecule has 5 nitrogen and oxygen atoms in total. The van der Waals surface area contributed by atoms with E-state index in [-0.39, 0.29) is 17.9 Å². The summed E-state index contributed by atoms with van der Waals surface area (Å²) in [6.45, 7) is 5.76. The van der Waals surface area contributed by atoms with Crippen molar-refractivity contribution >= 4 is 11.9 Å². The first-order valence-corrected chi connectivity index (χ1v) is 7.62. The average Bonchev–Trinajstić information content (AvgIpc) is 2.87. The number of nitrogens with one attached hydrogen (secondary N) is 1. The molecule has 2 unspecified atom stereocenters. The summed E-state index contributed by atoms with van der Waals surface area (Å²) in [7, 11) is 0. The molecule has 1 fully saturated rings. The van der Waals surface area contributed by atoms with Crippen LogP contribution in [0.15, 0.2) is 0 Å². The molecule has 0 heterocycles. The fraction of sp³-hybridized carbons (Fsp3) is 0.867. The zero-order chi connectivity index (χ0) is 15.1. The quantitative estimate of drug-likeness (QED) is 0.717. The Labute approximate surface area is 121 Å². The molecule has 2 atom stereocenters. The Balaban J connectivity index is 2.53. The third-order valence-electron chi connectivity index (χ3n) is 3.64. The second kappa shape index (κ2) is 8.25. The number of carbonyl (C=O) groups is 2. The van der Waals surface area contributed by atoms with Crippen LogP contribution in [0.3, 0.4) is 0 Å². The summed E-state index contributed by atoms with van der Waals surface area (Å²) in [5.74, 6) is -1.07. The van der Waals surface area contributed by atoms with Gasteiger partial charge in [-0.25, -0.2) is 4.79 Å². The molecule has 1 rings (SSSR count). The van der Waals surface area contributed by atoms with E-state index < -0.39 is 18.1 Å². The summed E-state index contributed by atoms with van der Waals surface area (Å²) in [4.78, 5) is 23.3. The normalized spacial score (nSPS) is 19.0. The number of carboxylic acids is 1. The highest BCUT2D eigenvalue weighted by molar-refractivity contribution is 5.86. The Morgan fingerprint density at radius 1 is 1.30 bits per heavy atom. The molecule has 116 valence electrons. The highest BCUT2D eigenvalue weighted by Crippen LogP contribution is 2.23. The first-order chi connectivity index (χ1) is 9.43. The Morgan fingerprint density at radius 3 is 2.35 bits per heavy atom. The fourth-order valence-electron chi connectivity index (χ4n) is 2.56. The number of ether oxygens (including phenoxy) is 1. The lowest BCUT2D eigenvalue weighted by Gasteiger charge is -2.23. The fourth-order valence-corrected chi connectivity index (χ4v) is 2.56. The zero-order valence-corrected chi connectivity index (χ0v) is 12.7. The van der Waals surface area contributed by atoms with Crippen molar-refractivity contribution in [3.63, 3.8) is 0 Å². The lowest BCUT2D eigenvalue weighted by atomic mass is 10.0. The van der Waals surface area contributed by atoms with E-state index in [1.165, 1.54) is 0 Å². The topological polar surface area (TPSA) is 75.6 Å². The van der Waals surface area contributed by atoms with E-state index in [9.17, 15) is 9.59 Å². The number of rotatable bonds is 8. The lowest BCUT2D eigenvalue weighted by molar-refractivity contribution is -0.146. The van der Waals surface area contributed by atoms with Gasteiger partial charge in [0.05, 0.1) is 6.10 Å². The van der Waals surface area contributed by atoms with E-state index in [0.717, 1.165) is 25.7 Å². The van der Waals surface area contributed by atoms with Gasteiger partial charge in [0, 0.05) is 0 Å². The molecule has 0 spiro atoms. The van der Waals surface area contributed by atoms with Gasteiger partial charge < -0.3 is 15.2 Å². The van der Waals surface area contributed by atoms with Gasteiger partial charge in [0.2, 0.25) is 5.91 Å². The van der Waals surface area contributed by atoms with Crippen molar-refractivity contribution in [2.75, 3.05) is 0 Å². The van der Waals surface area contributed by atoms with Crippen LogP contribution in [0.4, 0.5) is 0 Å². The maximum atomic E-state index is 12.2. The second-order valence-electron chi connectivity index (χ2n) is 5.97. The van der Waals surface area contributed by atoms with Crippen LogP contribution < -0.4 is 5.32 Å². The molecule has 1 saturated carbocycles. The van der Waals surface area contributed by atoms with Crippen LogP contribution in [-0.2, 0) is 14.3 Å². The summed E-state index contributed by atoms with van der Waals surface area (Å²) in [5, 5.41) is 11.8. The van der Waals surface area contributed by atoms with E-state index in [4.69, 9.17) is 9.84 Å². The Morgan fingerprint density at radius 2 is 1.90 bits per heavy atom. The average molecular weight is 285 g/mol. The van der Waals surface area contributed by atoms with Gasteiger partial charge in [0.25, 0.3) is 0 Å². The van der Waals surface area contributed by atoms with Crippen LogP contribution in [0.5, 0.6) is 0 Å². The summed E-state index contributed by atoms with van der Waals surface area (Å²) in [6, 6.07) is -0.830. The summed E-state index contributed by atoms with van der Waals surface area (Å²) >= 11 is 0. The molecular weight excluding hydrogens is 258 g/mol. The molecular formula is C15H27NO4. The molecule has 0 aromatic carbocycles. The van der Waals surface area contributed by atoms with Crippen molar-refractivity contribution in [2.45, 2.75) is 77.5 Å². The molecule has 20 heavy (non-hydrogen) atoms. The summed E-state index contributed by atoms with van der Waals surface area (Å²) in [5.41, 5.74) is 0. The van der Waals surface area contributed by atoms with Gasteiger partial charge in [-0.2, -0.15) is 0 Å². The third kappa shape index (κ3) is 5.49. The van der Waals surface area contributed by atoms with Gasteiger partial charge in [0.1, 0.15) is 12.1 Å². The van der Waals surface area contributed by atoms with Crippen LogP contribution in [0.1, 0.15) is 59.3 Å². The Kier molecular flexibility index (Phi) is 6.99. The highest BCUT2D eigenvalue weighted by Gasteiger charge is 2.28. The Hall–Kier alpha value is -1.10. The lowest BCUT2D eigenvalue weighted by Crippen LogP contribution is -2.47.